The Morgan fingerprint density at radius 3 is 2.33 bits per heavy atom. The second-order valence-electron chi connectivity index (χ2n) is 5.13. The molecule has 1 aromatic heterocycles. The summed E-state index contributed by atoms with van der Waals surface area (Å²) in [5.74, 6) is 4.33. The van der Waals surface area contributed by atoms with Crippen LogP contribution in [0.4, 0.5) is 0 Å². The van der Waals surface area contributed by atoms with E-state index in [-0.39, 0.29) is 0 Å². The molecule has 1 N–H and O–H groups in total. The topological polar surface area (TPSA) is 41.6 Å². The Morgan fingerprint density at radius 1 is 1.20 bits per heavy atom. The van der Waals surface area contributed by atoms with E-state index >= 15 is 0 Å². The minimum absolute atomic E-state index is 0.602. The van der Waals surface area contributed by atoms with E-state index in [0.717, 1.165) is 23.5 Å². The van der Waals surface area contributed by atoms with Crippen molar-refractivity contribution in [1.29, 1.82) is 0 Å². The van der Waals surface area contributed by atoms with Gasteiger partial charge in [-0.15, -0.1) is 0 Å². The highest BCUT2D eigenvalue weighted by Crippen LogP contribution is 2.37. The van der Waals surface area contributed by atoms with Crippen molar-refractivity contribution in [2.24, 2.45) is 11.8 Å². The van der Waals surface area contributed by atoms with Crippen molar-refractivity contribution in [2.75, 3.05) is 0 Å². The van der Waals surface area contributed by atoms with E-state index in [2.05, 4.69) is 29.0 Å². The van der Waals surface area contributed by atoms with Crippen LogP contribution in [0.25, 0.3) is 0 Å². The fourth-order valence-electron chi connectivity index (χ4n) is 2.59. The maximum Gasteiger partial charge on any atom is 0.153 e. The normalized spacial score (nSPS) is 27.2. The lowest BCUT2D eigenvalue weighted by Crippen LogP contribution is -2.18. The van der Waals surface area contributed by atoms with E-state index in [1.54, 1.807) is 0 Å². The van der Waals surface area contributed by atoms with Crippen LogP contribution in [0.15, 0.2) is 0 Å². The molecule has 3 heteroatoms. The number of aryl methyl sites for hydroxylation is 1. The summed E-state index contributed by atoms with van der Waals surface area (Å²) in [6.07, 6.45) is 5.21. The van der Waals surface area contributed by atoms with Gasteiger partial charge in [-0.2, -0.15) is 5.10 Å². The summed E-state index contributed by atoms with van der Waals surface area (Å²) in [4.78, 5) is 4.44. The van der Waals surface area contributed by atoms with Crippen molar-refractivity contribution in [3.8, 4) is 0 Å². The largest absolute Gasteiger partial charge is 0.263 e. The zero-order valence-electron chi connectivity index (χ0n) is 9.95. The molecule has 1 aliphatic carbocycles. The molecular weight excluding hydrogens is 186 g/mol. The fourth-order valence-corrected chi connectivity index (χ4v) is 2.59. The van der Waals surface area contributed by atoms with Gasteiger partial charge in [0.15, 0.2) is 5.82 Å². The predicted octanol–water partition coefficient (Wildman–Crippen LogP) is 3.04. The number of hydrogen-bond donors (Lipinski definition) is 1. The first-order valence-electron chi connectivity index (χ1n) is 6.05. The second kappa shape index (κ2) is 4.33. The first-order chi connectivity index (χ1) is 7.16. The van der Waals surface area contributed by atoms with Gasteiger partial charge < -0.3 is 0 Å². The number of nitrogens with one attached hydrogen (secondary N) is 1. The summed E-state index contributed by atoms with van der Waals surface area (Å²) in [6, 6.07) is 0. The maximum atomic E-state index is 4.44. The Balaban J connectivity index is 1.93. The van der Waals surface area contributed by atoms with Gasteiger partial charge in [0, 0.05) is 5.92 Å². The minimum atomic E-state index is 0.602. The van der Waals surface area contributed by atoms with Crippen LogP contribution in [0.2, 0.25) is 0 Å². The average molecular weight is 207 g/mol. The number of nitrogens with zero attached hydrogens (tertiary/aromatic N) is 2. The molecule has 0 spiro atoms. The molecule has 1 aromatic rings. The molecule has 0 atom stereocenters. The van der Waals surface area contributed by atoms with Gasteiger partial charge in [-0.05, 0) is 44.4 Å². The molecule has 0 radical (unpaired) electrons. The summed E-state index contributed by atoms with van der Waals surface area (Å²) in [6.45, 7) is 6.64. The van der Waals surface area contributed by atoms with Crippen LogP contribution < -0.4 is 0 Å². The molecule has 1 fully saturated rings. The van der Waals surface area contributed by atoms with Crippen LogP contribution in [-0.4, -0.2) is 15.2 Å². The Morgan fingerprint density at radius 2 is 1.87 bits per heavy atom. The van der Waals surface area contributed by atoms with Crippen molar-refractivity contribution in [1.82, 2.24) is 15.2 Å². The minimum Gasteiger partial charge on any atom is -0.263 e. The monoisotopic (exact) mass is 207 g/mol. The standard InChI is InChI=1S/C12H21N3/c1-8(2)10-4-6-11(7-5-10)12-13-9(3)14-15-12/h8,10-11H,4-7H2,1-3H3,(H,13,14,15). The highest BCUT2D eigenvalue weighted by molar-refractivity contribution is 4.98. The van der Waals surface area contributed by atoms with Gasteiger partial charge in [-0.3, -0.25) is 5.10 Å². The van der Waals surface area contributed by atoms with Gasteiger partial charge in [0.25, 0.3) is 0 Å². The van der Waals surface area contributed by atoms with E-state index in [9.17, 15) is 0 Å². The molecular formula is C12H21N3. The van der Waals surface area contributed by atoms with E-state index in [0.29, 0.717) is 5.92 Å². The van der Waals surface area contributed by atoms with Crippen LogP contribution in [0.1, 0.15) is 57.1 Å². The number of hydrogen-bond acceptors (Lipinski definition) is 2. The first-order valence-corrected chi connectivity index (χ1v) is 6.05. The van der Waals surface area contributed by atoms with Gasteiger partial charge in [0.2, 0.25) is 0 Å². The molecule has 0 saturated heterocycles. The molecule has 0 aromatic carbocycles. The van der Waals surface area contributed by atoms with Gasteiger partial charge in [-0.25, -0.2) is 4.98 Å². The van der Waals surface area contributed by atoms with Crippen LogP contribution >= 0.6 is 0 Å². The lowest BCUT2D eigenvalue weighted by molar-refractivity contribution is 0.255. The van der Waals surface area contributed by atoms with Crippen molar-refractivity contribution in [2.45, 2.75) is 52.4 Å². The van der Waals surface area contributed by atoms with Gasteiger partial charge >= 0.3 is 0 Å². The summed E-state index contributed by atoms with van der Waals surface area (Å²) >= 11 is 0. The molecule has 0 unspecified atom stereocenters. The third kappa shape index (κ3) is 2.39. The van der Waals surface area contributed by atoms with Crippen LogP contribution in [0, 0.1) is 18.8 Å². The molecule has 1 heterocycles. The molecule has 1 saturated carbocycles. The molecule has 3 nitrogen and oxygen atoms in total. The molecule has 84 valence electrons. The van der Waals surface area contributed by atoms with E-state index in [1.807, 2.05) is 6.92 Å². The zero-order valence-corrected chi connectivity index (χ0v) is 9.95. The molecule has 0 bridgehead atoms. The summed E-state index contributed by atoms with van der Waals surface area (Å²) in [5.41, 5.74) is 0. The van der Waals surface area contributed by atoms with Crippen LogP contribution in [-0.2, 0) is 0 Å². The van der Waals surface area contributed by atoms with E-state index in [4.69, 9.17) is 0 Å². The maximum absolute atomic E-state index is 4.44. The molecule has 15 heavy (non-hydrogen) atoms. The highest BCUT2D eigenvalue weighted by atomic mass is 15.2. The molecule has 0 aliphatic heterocycles. The third-order valence-corrected chi connectivity index (χ3v) is 3.69. The SMILES string of the molecule is Cc1nc(C2CCC(C(C)C)CC2)n[nH]1. The molecule has 1 aliphatic rings. The third-order valence-electron chi connectivity index (χ3n) is 3.69. The number of aromatic nitrogens is 3. The molecule has 0 amide bonds. The van der Waals surface area contributed by atoms with Gasteiger partial charge in [-0.1, -0.05) is 13.8 Å². The summed E-state index contributed by atoms with van der Waals surface area (Å²) < 4.78 is 0. The quantitative estimate of drug-likeness (QED) is 0.809. The smallest absolute Gasteiger partial charge is 0.153 e. The van der Waals surface area contributed by atoms with E-state index < -0.39 is 0 Å². The van der Waals surface area contributed by atoms with E-state index in [1.165, 1.54) is 25.7 Å². The average Bonchev–Trinajstić information content (AvgIpc) is 2.65. The lowest BCUT2D eigenvalue weighted by Gasteiger charge is -2.29. The van der Waals surface area contributed by atoms with Crippen molar-refractivity contribution >= 4 is 0 Å². The number of aromatic amines is 1. The Hall–Kier alpha value is -0.860. The number of H-pyrrole nitrogens is 1. The fraction of sp³-hybridized carbons (Fsp3) is 0.833. The first kappa shape index (κ1) is 10.7. The van der Waals surface area contributed by atoms with Crippen LogP contribution in [0.3, 0.4) is 0 Å². The van der Waals surface area contributed by atoms with Crippen LogP contribution in [0.5, 0.6) is 0 Å². The zero-order chi connectivity index (χ0) is 10.8. The number of rotatable bonds is 2. The predicted molar refractivity (Wildman–Crippen MR) is 60.7 cm³/mol. The van der Waals surface area contributed by atoms with Gasteiger partial charge in [0.1, 0.15) is 5.82 Å². The Labute approximate surface area is 91.7 Å². The second-order valence-corrected chi connectivity index (χ2v) is 5.13. The van der Waals surface area contributed by atoms with Gasteiger partial charge in [0.05, 0.1) is 0 Å². The summed E-state index contributed by atoms with van der Waals surface area (Å²) in [7, 11) is 0. The molecule has 2 rings (SSSR count). The Bertz CT molecular complexity index is 308. The highest BCUT2D eigenvalue weighted by Gasteiger charge is 2.26. The lowest BCUT2D eigenvalue weighted by atomic mass is 9.77. The Kier molecular flexibility index (Phi) is 3.08. The van der Waals surface area contributed by atoms with Crippen molar-refractivity contribution < 1.29 is 0 Å². The summed E-state index contributed by atoms with van der Waals surface area (Å²) in [5, 5.41) is 7.21. The van der Waals surface area contributed by atoms with Crippen molar-refractivity contribution in [3.63, 3.8) is 0 Å². The van der Waals surface area contributed by atoms with Crippen molar-refractivity contribution in [3.05, 3.63) is 11.6 Å².